The molecule has 0 unspecified atom stereocenters. The van der Waals surface area contributed by atoms with Gasteiger partial charge in [0.25, 0.3) is 5.91 Å². The van der Waals surface area contributed by atoms with Gasteiger partial charge in [0, 0.05) is 25.8 Å². The molecule has 3 N–H and O–H groups in total. The lowest BCUT2D eigenvalue weighted by atomic mass is 9.53. The number of ether oxygens (including phenoxy) is 2. The third-order valence-corrected chi connectivity index (χ3v) is 6.73. The van der Waals surface area contributed by atoms with Gasteiger partial charge in [0.1, 0.15) is 0 Å². The Bertz CT molecular complexity index is 652. The average molecular weight is 343 g/mol. The molecule has 6 rings (SSSR count). The third kappa shape index (κ3) is 2.99. The largest absolute Gasteiger partial charge is 0.454 e. The van der Waals surface area contributed by atoms with E-state index in [1.807, 2.05) is 18.2 Å². The first-order chi connectivity index (χ1) is 12.2. The predicted octanol–water partition coefficient (Wildman–Crippen LogP) is 1.56. The van der Waals surface area contributed by atoms with Crippen LogP contribution in [0.15, 0.2) is 18.2 Å². The highest BCUT2D eigenvalue weighted by molar-refractivity contribution is 5.76. The number of benzene rings is 1. The lowest BCUT2D eigenvalue weighted by molar-refractivity contribution is -0.730. The van der Waals surface area contributed by atoms with Gasteiger partial charge in [-0.2, -0.15) is 0 Å². The van der Waals surface area contributed by atoms with Crippen LogP contribution < -0.4 is 20.1 Å². The zero-order valence-corrected chi connectivity index (χ0v) is 14.6. The van der Waals surface area contributed by atoms with E-state index < -0.39 is 0 Å². The summed E-state index contributed by atoms with van der Waals surface area (Å²) in [5.74, 6) is 4.48. The molecule has 5 heteroatoms. The number of quaternary nitrogens is 1. The SMILES string of the molecule is O=C(C[NH2+]C12CC3CC(CC(C3)C1)C2)NCc1ccc2c(c1)OCO2. The Kier molecular flexibility index (Phi) is 3.66. The summed E-state index contributed by atoms with van der Waals surface area (Å²) in [5.41, 5.74) is 1.41. The first kappa shape index (κ1) is 15.5. The van der Waals surface area contributed by atoms with Crippen molar-refractivity contribution in [3.05, 3.63) is 23.8 Å². The molecule has 1 heterocycles. The molecule has 25 heavy (non-hydrogen) atoms. The zero-order chi connectivity index (χ0) is 16.9. The minimum atomic E-state index is 0.133. The summed E-state index contributed by atoms with van der Waals surface area (Å²) in [4.78, 5) is 12.3. The number of carbonyl (C=O) groups is 1. The van der Waals surface area contributed by atoms with E-state index in [2.05, 4.69) is 10.6 Å². The van der Waals surface area contributed by atoms with Crippen LogP contribution in [0.3, 0.4) is 0 Å². The maximum atomic E-state index is 12.3. The second-order valence-corrected chi connectivity index (χ2v) is 8.65. The molecule has 4 saturated carbocycles. The van der Waals surface area contributed by atoms with Crippen molar-refractivity contribution in [2.45, 2.75) is 50.6 Å². The highest BCUT2D eigenvalue weighted by Gasteiger charge is 2.53. The highest BCUT2D eigenvalue weighted by Crippen LogP contribution is 2.54. The number of rotatable bonds is 5. The molecule has 4 bridgehead atoms. The van der Waals surface area contributed by atoms with E-state index >= 15 is 0 Å². The van der Waals surface area contributed by atoms with Crippen LogP contribution in [0.1, 0.15) is 44.1 Å². The molecule has 4 aliphatic carbocycles. The maximum Gasteiger partial charge on any atom is 0.275 e. The van der Waals surface area contributed by atoms with E-state index in [1.54, 1.807) is 0 Å². The van der Waals surface area contributed by atoms with Gasteiger partial charge in [0.15, 0.2) is 18.0 Å². The quantitative estimate of drug-likeness (QED) is 0.853. The lowest BCUT2D eigenvalue weighted by Gasteiger charge is -2.54. The van der Waals surface area contributed by atoms with Crippen LogP contribution in [0.2, 0.25) is 0 Å². The molecule has 1 amide bonds. The maximum absolute atomic E-state index is 12.3. The van der Waals surface area contributed by atoms with E-state index in [-0.39, 0.29) is 12.7 Å². The van der Waals surface area contributed by atoms with Crippen molar-refractivity contribution in [3.8, 4) is 11.5 Å². The molecular formula is C20H27N2O3+. The van der Waals surface area contributed by atoms with E-state index in [0.717, 1.165) is 34.8 Å². The Hall–Kier alpha value is -1.75. The second-order valence-electron chi connectivity index (χ2n) is 8.65. The molecule has 0 aromatic heterocycles. The zero-order valence-electron chi connectivity index (χ0n) is 14.6. The molecule has 0 radical (unpaired) electrons. The Morgan fingerprint density at radius 2 is 1.76 bits per heavy atom. The molecule has 1 aromatic carbocycles. The summed E-state index contributed by atoms with van der Waals surface area (Å²) in [7, 11) is 0. The lowest BCUT2D eigenvalue weighted by Crippen LogP contribution is -3.00. The van der Waals surface area contributed by atoms with Gasteiger partial charge in [-0.3, -0.25) is 4.79 Å². The number of fused-ring (bicyclic) bond motifs is 1. The first-order valence-corrected chi connectivity index (χ1v) is 9.67. The van der Waals surface area contributed by atoms with Crippen LogP contribution in [-0.4, -0.2) is 24.8 Å². The number of nitrogens with two attached hydrogens (primary N) is 1. The minimum absolute atomic E-state index is 0.133. The summed E-state index contributed by atoms with van der Waals surface area (Å²) >= 11 is 0. The molecule has 1 aromatic rings. The number of carbonyl (C=O) groups excluding carboxylic acids is 1. The first-order valence-electron chi connectivity index (χ1n) is 9.67. The van der Waals surface area contributed by atoms with Crippen molar-refractivity contribution < 1.29 is 19.6 Å². The second kappa shape index (κ2) is 5.90. The van der Waals surface area contributed by atoms with Crippen molar-refractivity contribution >= 4 is 5.91 Å². The normalized spacial score (nSPS) is 34.3. The van der Waals surface area contributed by atoms with Crippen LogP contribution in [0.4, 0.5) is 0 Å². The minimum Gasteiger partial charge on any atom is -0.454 e. The molecule has 0 saturated heterocycles. The van der Waals surface area contributed by atoms with Gasteiger partial charge in [0.05, 0.1) is 5.54 Å². The summed E-state index contributed by atoms with van der Waals surface area (Å²) in [6.07, 6.45) is 8.33. The van der Waals surface area contributed by atoms with E-state index in [1.165, 1.54) is 38.5 Å². The Balaban J connectivity index is 1.14. The Morgan fingerprint density at radius 3 is 2.48 bits per heavy atom. The van der Waals surface area contributed by atoms with E-state index in [0.29, 0.717) is 18.6 Å². The number of hydrogen-bond acceptors (Lipinski definition) is 3. The Labute approximate surface area is 148 Å². The topological polar surface area (TPSA) is 64.2 Å². The third-order valence-electron chi connectivity index (χ3n) is 6.73. The van der Waals surface area contributed by atoms with Crippen molar-refractivity contribution in [3.63, 3.8) is 0 Å². The summed E-state index contributed by atoms with van der Waals surface area (Å²) in [6, 6.07) is 5.84. The van der Waals surface area contributed by atoms with Crippen molar-refractivity contribution in [1.29, 1.82) is 0 Å². The monoisotopic (exact) mass is 343 g/mol. The van der Waals surface area contributed by atoms with E-state index in [9.17, 15) is 4.79 Å². The van der Waals surface area contributed by atoms with E-state index in [4.69, 9.17) is 9.47 Å². The van der Waals surface area contributed by atoms with Crippen LogP contribution in [-0.2, 0) is 11.3 Å². The van der Waals surface area contributed by atoms with Crippen LogP contribution in [0, 0.1) is 17.8 Å². The number of hydrogen-bond donors (Lipinski definition) is 2. The van der Waals surface area contributed by atoms with Gasteiger partial charge in [0.2, 0.25) is 6.79 Å². The number of nitrogens with one attached hydrogen (secondary N) is 1. The summed E-state index contributed by atoms with van der Waals surface area (Å²) in [6.45, 7) is 1.38. The molecule has 0 spiro atoms. The van der Waals surface area contributed by atoms with Crippen LogP contribution in [0.25, 0.3) is 0 Å². The van der Waals surface area contributed by atoms with Gasteiger partial charge in [-0.05, 0) is 54.7 Å². The Morgan fingerprint density at radius 1 is 1.08 bits per heavy atom. The molecule has 5 aliphatic rings. The van der Waals surface area contributed by atoms with Gasteiger partial charge in [-0.15, -0.1) is 0 Å². The fourth-order valence-electron chi connectivity index (χ4n) is 6.06. The molecule has 134 valence electrons. The molecule has 0 atom stereocenters. The standard InChI is InChI=1S/C20H26N2O3/c23-19(21-10-13-1-2-17-18(6-13)25-12-24-17)11-22-20-7-14-3-15(8-20)5-16(4-14)9-20/h1-2,6,14-16,22H,3-5,7-12H2,(H,21,23)/p+1. The van der Waals surface area contributed by atoms with Gasteiger partial charge in [-0.1, -0.05) is 6.07 Å². The molecule has 4 fully saturated rings. The van der Waals surface area contributed by atoms with Crippen molar-refractivity contribution in [2.75, 3.05) is 13.3 Å². The highest BCUT2D eigenvalue weighted by atomic mass is 16.7. The smallest absolute Gasteiger partial charge is 0.275 e. The van der Waals surface area contributed by atoms with Gasteiger partial charge < -0.3 is 20.1 Å². The summed E-state index contributed by atoms with van der Waals surface area (Å²) in [5, 5.41) is 5.42. The fraction of sp³-hybridized carbons (Fsp3) is 0.650. The van der Waals surface area contributed by atoms with Crippen molar-refractivity contribution in [1.82, 2.24) is 5.32 Å². The van der Waals surface area contributed by atoms with Crippen LogP contribution in [0.5, 0.6) is 11.5 Å². The average Bonchev–Trinajstić information content (AvgIpc) is 3.05. The fourth-order valence-corrected chi connectivity index (χ4v) is 6.06. The van der Waals surface area contributed by atoms with Gasteiger partial charge >= 0.3 is 0 Å². The van der Waals surface area contributed by atoms with Crippen molar-refractivity contribution in [2.24, 2.45) is 17.8 Å². The van der Waals surface area contributed by atoms with Gasteiger partial charge in [-0.25, -0.2) is 0 Å². The predicted molar refractivity (Wildman–Crippen MR) is 92.1 cm³/mol. The molecule has 1 aliphatic heterocycles. The molecular weight excluding hydrogens is 316 g/mol. The molecule has 5 nitrogen and oxygen atoms in total. The summed E-state index contributed by atoms with van der Waals surface area (Å²) < 4.78 is 10.7. The number of amides is 1. The van der Waals surface area contributed by atoms with Crippen LogP contribution >= 0.6 is 0 Å².